The Morgan fingerprint density at radius 2 is 2.43 bits per heavy atom. The Morgan fingerprint density at radius 3 is 3.14 bits per heavy atom. The molecule has 2 unspecified atom stereocenters. The fourth-order valence-electron chi connectivity index (χ4n) is 2.52. The number of nitrogens with zero attached hydrogens (tertiary/aromatic N) is 4. The molecule has 2 aromatic heterocycles. The zero-order valence-electron chi connectivity index (χ0n) is 12.1. The number of aliphatic hydroxyl groups excluding tert-OH is 1. The van der Waals surface area contributed by atoms with Gasteiger partial charge in [-0.25, -0.2) is 4.98 Å². The van der Waals surface area contributed by atoms with Gasteiger partial charge in [-0.2, -0.15) is 5.10 Å². The van der Waals surface area contributed by atoms with Crippen molar-refractivity contribution in [1.82, 2.24) is 19.7 Å². The monoisotopic (exact) mass is 308 g/mol. The number of aliphatic hydroxyl groups is 1. The highest BCUT2D eigenvalue weighted by Crippen LogP contribution is 2.25. The van der Waals surface area contributed by atoms with Gasteiger partial charge in [0.05, 0.1) is 19.3 Å². The molecule has 0 aromatic carbocycles. The third-order valence-electron chi connectivity index (χ3n) is 3.49. The molecule has 7 heteroatoms. The minimum absolute atomic E-state index is 0.0225. The molecule has 0 saturated carbocycles. The Kier molecular flexibility index (Phi) is 4.64. The maximum absolute atomic E-state index is 10.2. The number of ether oxygens (including phenoxy) is 1. The molecule has 3 heterocycles. The van der Waals surface area contributed by atoms with Crippen molar-refractivity contribution in [3.8, 4) is 0 Å². The van der Waals surface area contributed by atoms with E-state index in [0.29, 0.717) is 19.7 Å². The molecule has 21 heavy (non-hydrogen) atoms. The number of hydrogen-bond acceptors (Lipinski definition) is 6. The van der Waals surface area contributed by atoms with E-state index in [1.807, 2.05) is 24.6 Å². The predicted molar refractivity (Wildman–Crippen MR) is 80.2 cm³/mol. The van der Waals surface area contributed by atoms with Gasteiger partial charge in [0.1, 0.15) is 11.1 Å². The predicted octanol–water partition coefficient (Wildman–Crippen LogP) is 1.08. The van der Waals surface area contributed by atoms with Gasteiger partial charge in [-0.1, -0.05) is 0 Å². The molecule has 0 aliphatic carbocycles. The van der Waals surface area contributed by atoms with E-state index in [9.17, 15) is 5.11 Å². The average molecular weight is 308 g/mol. The Labute approximate surface area is 128 Å². The zero-order chi connectivity index (χ0) is 14.7. The largest absolute Gasteiger partial charge is 0.390 e. The first-order valence-corrected chi connectivity index (χ1v) is 8.00. The number of morpholine rings is 1. The summed E-state index contributed by atoms with van der Waals surface area (Å²) in [5.41, 5.74) is 1.04. The summed E-state index contributed by atoms with van der Waals surface area (Å²) in [6.07, 6.45) is 3.18. The van der Waals surface area contributed by atoms with Crippen LogP contribution in [0, 0.1) is 6.92 Å². The average Bonchev–Trinajstić information content (AvgIpc) is 3.10. The van der Waals surface area contributed by atoms with Crippen molar-refractivity contribution in [3.63, 3.8) is 0 Å². The molecule has 1 fully saturated rings. The van der Waals surface area contributed by atoms with Crippen LogP contribution in [0.15, 0.2) is 23.8 Å². The molecular formula is C14H20N4O2S. The van der Waals surface area contributed by atoms with Crippen LogP contribution in [0.25, 0.3) is 0 Å². The van der Waals surface area contributed by atoms with Gasteiger partial charge in [0.2, 0.25) is 0 Å². The Balaban J connectivity index is 1.53. The van der Waals surface area contributed by atoms with Crippen molar-refractivity contribution in [2.45, 2.75) is 25.7 Å². The van der Waals surface area contributed by atoms with Crippen LogP contribution in [-0.4, -0.2) is 57.1 Å². The van der Waals surface area contributed by atoms with Gasteiger partial charge < -0.3 is 9.84 Å². The lowest BCUT2D eigenvalue weighted by molar-refractivity contribution is -0.0438. The van der Waals surface area contributed by atoms with Crippen molar-refractivity contribution in [2.75, 3.05) is 26.2 Å². The summed E-state index contributed by atoms with van der Waals surface area (Å²) in [5, 5.41) is 17.4. The SMILES string of the molecule is Cc1csc(C2CN(CC(O)Cn3cccn3)CCO2)n1. The second-order valence-electron chi connectivity index (χ2n) is 5.33. The zero-order valence-corrected chi connectivity index (χ0v) is 12.9. The van der Waals surface area contributed by atoms with Crippen LogP contribution in [0.3, 0.4) is 0 Å². The van der Waals surface area contributed by atoms with Gasteiger partial charge in [0.15, 0.2) is 0 Å². The van der Waals surface area contributed by atoms with E-state index in [1.165, 1.54) is 0 Å². The molecule has 0 spiro atoms. The second-order valence-corrected chi connectivity index (χ2v) is 6.22. The molecule has 3 rings (SSSR count). The van der Waals surface area contributed by atoms with E-state index in [1.54, 1.807) is 22.2 Å². The molecule has 1 aliphatic heterocycles. The maximum atomic E-state index is 10.2. The van der Waals surface area contributed by atoms with Gasteiger partial charge in [-0.15, -0.1) is 11.3 Å². The van der Waals surface area contributed by atoms with Gasteiger partial charge in [0.25, 0.3) is 0 Å². The topological polar surface area (TPSA) is 63.4 Å². The second kappa shape index (κ2) is 6.65. The van der Waals surface area contributed by atoms with Crippen molar-refractivity contribution in [3.05, 3.63) is 34.5 Å². The number of aryl methyl sites for hydroxylation is 1. The molecule has 114 valence electrons. The van der Waals surface area contributed by atoms with E-state index >= 15 is 0 Å². The fourth-order valence-corrected chi connectivity index (χ4v) is 3.35. The first-order valence-electron chi connectivity index (χ1n) is 7.12. The Bertz CT molecular complexity index is 557. The van der Waals surface area contributed by atoms with Crippen LogP contribution in [0.4, 0.5) is 0 Å². The fraction of sp³-hybridized carbons (Fsp3) is 0.571. The third kappa shape index (κ3) is 3.88. The molecule has 6 nitrogen and oxygen atoms in total. The van der Waals surface area contributed by atoms with Gasteiger partial charge in [-0.3, -0.25) is 9.58 Å². The van der Waals surface area contributed by atoms with E-state index in [-0.39, 0.29) is 6.10 Å². The van der Waals surface area contributed by atoms with Gasteiger partial charge in [-0.05, 0) is 13.0 Å². The van der Waals surface area contributed by atoms with Crippen LogP contribution in [0.5, 0.6) is 0 Å². The number of aromatic nitrogens is 3. The van der Waals surface area contributed by atoms with E-state index in [4.69, 9.17) is 4.74 Å². The quantitative estimate of drug-likeness (QED) is 0.895. The maximum Gasteiger partial charge on any atom is 0.123 e. The molecule has 1 N–H and O–H groups in total. The van der Waals surface area contributed by atoms with Gasteiger partial charge >= 0.3 is 0 Å². The molecule has 1 aliphatic rings. The number of rotatable bonds is 5. The summed E-state index contributed by atoms with van der Waals surface area (Å²) in [5.74, 6) is 0. The summed E-state index contributed by atoms with van der Waals surface area (Å²) in [6.45, 7) is 5.45. The van der Waals surface area contributed by atoms with Crippen LogP contribution < -0.4 is 0 Å². The van der Waals surface area contributed by atoms with Crippen LogP contribution >= 0.6 is 11.3 Å². The summed E-state index contributed by atoms with van der Waals surface area (Å²) in [6, 6.07) is 1.86. The highest BCUT2D eigenvalue weighted by atomic mass is 32.1. The van der Waals surface area contributed by atoms with Crippen LogP contribution in [0.1, 0.15) is 16.8 Å². The lowest BCUT2D eigenvalue weighted by atomic mass is 10.2. The van der Waals surface area contributed by atoms with Crippen molar-refractivity contribution in [2.24, 2.45) is 0 Å². The minimum Gasteiger partial charge on any atom is -0.390 e. The minimum atomic E-state index is -0.429. The van der Waals surface area contributed by atoms with E-state index in [0.717, 1.165) is 23.8 Å². The molecule has 1 saturated heterocycles. The molecule has 0 radical (unpaired) electrons. The number of β-amino-alcohol motifs (C(OH)–C–C–N with tert-alkyl or cyclic N) is 1. The normalized spacial score (nSPS) is 21.5. The molecule has 2 atom stereocenters. The number of thiazole rings is 1. The molecule has 2 aromatic rings. The molecular weight excluding hydrogens is 288 g/mol. The molecule has 0 amide bonds. The van der Waals surface area contributed by atoms with E-state index in [2.05, 4.69) is 15.0 Å². The molecule has 0 bridgehead atoms. The van der Waals surface area contributed by atoms with Crippen LogP contribution in [-0.2, 0) is 11.3 Å². The standard InChI is InChI=1S/C14H20N4O2S/c1-11-10-21-14(16-11)13-9-17(5-6-20-13)7-12(19)8-18-4-2-3-15-18/h2-4,10,12-13,19H,5-9H2,1H3. The van der Waals surface area contributed by atoms with Gasteiger partial charge in [0, 0.05) is 43.1 Å². The lowest BCUT2D eigenvalue weighted by Gasteiger charge is -2.33. The Morgan fingerprint density at radius 1 is 1.52 bits per heavy atom. The third-order valence-corrected chi connectivity index (χ3v) is 4.54. The first-order chi connectivity index (χ1) is 10.2. The van der Waals surface area contributed by atoms with Crippen molar-refractivity contribution >= 4 is 11.3 Å². The lowest BCUT2D eigenvalue weighted by Crippen LogP contribution is -2.43. The first kappa shape index (κ1) is 14.6. The Hall–Kier alpha value is -1.28. The summed E-state index contributed by atoms with van der Waals surface area (Å²) in [7, 11) is 0. The van der Waals surface area contributed by atoms with Crippen LogP contribution in [0.2, 0.25) is 0 Å². The highest BCUT2D eigenvalue weighted by Gasteiger charge is 2.25. The number of hydrogen-bond donors (Lipinski definition) is 1. The van der Waals surface area contributed by atoms with Crippen molar-refractivity contribution in [1.29, 1.82) is 0 Å². The van der Waals surface area contributed by atoms with Crippen molar-refractivity contribution < 1.29 is 9.84 Å². The summed E-state index contributed by atoms with van der Waals surface area (Å²) < 4.78 is 7.56. The van der Waals surface area contributed by atoms with E-state index < -0.39 is 6.10 Å². The summed E-state index contributed by atoms with van der Waals surface area (Å²) in [4.78, 5) is 6.73. The highest BCUT2D eigenvalue weighted by molar-refractivity contribution is 7.09. The smallest absolute Gasteiger partial charge is 0.123 e. The summed E-state index contributed by atoms with van der Waals surface area (Å²) >= 11 is 1.64.